The molecular formula is C18H20Cl2OSi. The first-order valence-corrected chi connectivity index (χ1v) is 11.7. The highest BCUT2D eigenvalue weighted by atomic mass is 35.7. The predicted octanol–water partition coefficient (Wildman–Crippen LogP) is 5.59. The van der Waals surface area contributed by atoms with Crippen molar-refractivity contribution in [2.75, 3.05) is 0 Å². The zero-order chi connectivity index (χ0) is 15.8. The maximum Gasteiger partial charge on any atom is 0.390 e. The van der Waals surface area contributed by atoms with E-state index in [0.717, 1.165) is 12.5 Å². The van der Waals surface area contributed by atoms with Gasteiger partial charge >= 0.3 is 6.94 Å². The second-order valence-electron chi connectivity index (χ2n) is 6.39. The summed E-state index contributed by atoms with van der Waals surface area (Å²) in [6.45, 7) is 1.58. The summed E-state index contributed by atoms with van der Waals surface area (Å²) in [5.74, 6) is 0. The van der Waals surface area contributed by atoms with Crippen LogP contribution in [0.25, 0.3) is 0 Å². The van der Waals surface area contributed by atoms with Gasteiger partial charge in [0.1, 0.15) is 0 Å². The lowest BCUT2D eigenvalue weighted by atomic mass is 9.62. The minimum absolute atomic E-state index is 0.240. The third kappa shape index (κ3) is 2.63. The highest BCUT2D eigenvalue weighted by Gasteiger charge is 2.57. The Bertz CT molecular complexity index is 601. The van der Waals surface area contributed by atoms with Crippen molar-refractivity contribution in [2.24, 2.45) is 0 Å². The maximum atomic E-state index is 6.44. The van der Waals surface area contributed by atoms with Crippen LogP contribution < -0.4 is 0 Å². The van der Waals surface area contributed by atoms with Gasteiger partial charge in [-0.2, -0.15) is 0 Å². The van der Waals surface area contributed by atoms with Gasteiger partial charge in [0.25, 0.3) is 0 Å². The predicted molar refractivity (Wildman–Crippen MR) is 95.7 cm³/mol. The fourth-order valence-electron chi connectivity index (χ4n) is 3.74. The summed E-state index contributed by atoms with van der Waals surface area (Å²) < 4.78 is 6.26. The first-order chi connectivity index (χ1) is 10.4. The van der Waals surface area contributed by atoms with Crippen LogP contribution in [0.5, 0.6) is 0 Å². The van der Waals surface area contributed by atoms with Crippen LogP contribution in [-0.2, 0) is 9.84 Å². The SMILES string of the molecule is CC1(C)O[Si](Cl)(Cl)CCC1(c1ccccc1)c1ccccc1. The van der Waals surface area contributed by atoms with Crippen molar-refractivity contribution in [3.05, 3.63) is 71.8 Å². The minimum Gasteiger partial charge on any atom is -0.386 e. The van der Waals surface area contributed by atoms with E-state index in [1.165, 1.54) is 11.1 Å². The average molecular weight is 351 g/mol. The van der Waals surface area contributed by atoms with Crippen molar-refractivity contribution >= 4 is 29.1 Å². The standard InChI is InChI=1S/C18H20Cl2OSi/c1-17(2)18(13-14-22(19,20)21-17,15-9-5-3-6-10-15)16-11-7-4-8-12-16/h3-12H,13-14H2,1-2H3. The summed E-state index contributed by atoms with van der Waals surface area (Å²) in [7, 11) is 0. The molecule has 0 aliphatic carbocycles. The topological polar surface area (TPSA) is 9.23 Å². The first-order valence-electron chi connectivity index (χ1n) is 7.56. The Morgan fingerprint density at radius 3 is 1.73 bits per heavy atom. The first kappa shape index (κ1) is 16.1. The zero-order valence-electron chi connectivity index (χ0n) is 12.9. The molecule has 0 bridgehead atoms. The Kier molecular flexibility index (Phi) is 4.15. The smallest absolute Gasteiger partial charge is 0.386 e. The maximum absolute atomic E-state index is 6.44. The van der Waals surface area contributed by atoms with E-state index in [4.69, 9.17) is 26.6 Å². The lowest BCUT2D eigenvalue weighted by molar-refractivity contribution is 0.0169. The highest BCUT2D eigenvalue weighted by molar-refractivity contribution is 7.42. The van der Waals surface area contributed by atoms with E-state index in [-0.39, 0.29) is 5.41 Å². The summed E-state index contributed by atoms with van der Waals surface area (Å²) in [5, 5.41) is 0. The number of hydrogen-bond acceptors (Lipinski definition) is 1. The monoisotopic (exact) mass is 350 g/mol. The summed E-state index contributed by atoms with van der Waals surface area (Å²) in [4.78, 5) is 0. The second kappa shape index (κ2) is 5.68. The van der Waals surface area contributed by atoms with Gasteiger partial charge in [-0.3, -0.25) is 0 Å². The van der Waals surface area contributed by atoms with Crippen molar-refractivity contribution in [3.63, 3.8) is 0 Å². The van der Waals surface area contributed by atoms with Crippen molar-refractivity contribution < 1.29 is 4.43 Å². The molecule has 22 heavy (non-hydrogen) atoms. The lowest BCUT2D eigenvalue weighted by Gasteiger charge is -2.53. The van der Waals surface area contributed by atoms with Crippen LogP contribution in [0.4, 0.5) is 0 Å². The molecule has 0 unspecified atom stereocenters. The molecule has 0 amide bonds. The molecule has 0 saturated carbocycles. The lowest BCUT2D eigenvalue weighted by Crippen LogP contribution is -2.58. The van der Waals surface area contributed by atoms with Crippen LogP contribution in [0.3, 0.4) is 0 Å². The molecule has 0 spiro atoms. The van der Waals surface area contributed by atoms with E-state index < -0.39 is 12.5 Å². The second-order valence-corrected chi connectivity index (χ2v) is 12.6. The van der Waals surface area contributed by atoms with E-state index in [1.807, 2.05) is 12.1 Å². The van der Waals surface area contributed by atoms with E-state index in [9.17, 15) is 0 Å². The molecule has 2 aromatic carbocycles. The van der Waals surface area contributed by atoms with E-state index in [2.05, 4.69) is 62.4 Å². The van der Waals surface area contributed by atoms with Gasteiger partial charge in [-0.05, 0) is 37.4 Å². The van der Waals surface area contributed by atoms with Crippen LogP contribution in [-0.4, -0.2) is 12.5 Å². The van der Waals surface area contributed by atoms with E-state index in [1.54, 1.807) is 0 Å². The van der Waals surface area contributed by atoms with Gasteiger partial charge in [-0.1, -0.05) is 60.7 Å². The number of benzene rings is 2. The molecule has 1 heterocycles. The molecule has 1 nitrogen and oxygen atoms in total. The molecule has 1 aliphatic rings. The van der Waals surface area contributed by atoms with E-state index in [0.29, 0.717) is 0 Å². The quantitative estimate of drug-likeness (QED) is 0.506. The zero-order valence-corrected chi connectivity index (χ0v) is 15.4. The molecule has 1 saturated heterocycles. The third-order valence-corrected chi connectivity index (χ3v) is 7.99. The summed E-state index contributed by atoms with van der Waals surface area (Å²) in [5.41, 5.74) is 1.80. The molecule has 116 valence electrons. The Morgan fingerprint density at radius 2 is 1.32 bits per heavy atom. The van der Waals surface area contributed by atoms with Crippen LogP contribution >= 0.6 is 22.2 Å². The van der Waals surface area contributed by atoms with Crippen LogP contribution in [0.15, 0.2) is 60.7 Å². The fourth-order valence-corrected chi connectivity index (χ4v) is 7.15. The highest BCUT2D eigenvalue weighted by Crippen LogP contribution is 2.54. The third-order valence-electron chi connectivity index (χ3n) is 4.76. The van der Waals surface area contributed by atoms with Crippen molar-refractivity contribution in [2.45, 2.75) is 37.3 Å². The Hall–Kier alpha value is -0.803. The molecule has 0 N–H and O–H groups in total. The fraction of sp³-hybridized carbons (Fsp3) is 0.333. The average Bonchev–Trinajstić information content (AvgIpc) is 2.48. The van der Waals surface area contributed by atoms with Crippen molar-refractivity contribution in [1.82, 2.24) is 0 Å². The van der Waals surface area contributed by atoms with Crippen molar-refractivity contribution in [1.29, 1.82) is 0 Å². The van der Waals surface area contributed by atoms with E-state index >= 15 is 0 Å². The van der Waals surface area contributed by atoms with Gasteiger partial charge in [0, 0.05) is 5.41 Å². The Morgan fingerprint density at radius 1 is 0.864 bits per heavy atom. The number of hydrogen-bond donors (Lipinski definition) is 0. The number of halogens is 2. The van der Waals surface area contributed by atoms with Crippen LogP contribution in [0.2, 0.25) is 6.04 Å². The summed E-state index contributed by atoms with van der Waals surface area (Å²) in [6, 6.07) is 21.8. The number of rotatable bonds is 2. The molecule has 1 fully saturated rings. The molecule has 4 heteroatoms. The minimum atomic E-state index is -2.64. The van der Waals surface area contributed by atoms with Crippen LogP contribution in [0, 0.1) is 0 Å². The summed E-state index contributed by atoms with van der Waals surface area (Å²) in [6.07, 6.45) is 0.896. The molecule has 0 radical (unpaired) electrons. The molecule has 1 aliphatic heterocycles. The largest absolute Gasteiger partial charge is 0.390 e. The van der Waals surface area contributed by atoms with Gasteiger partial charge in [-0.25, -0.2) is 0 Å². The Labute approximate surface area is 142 Å². The van der Waals surface area contributed by atoms with Gasteiger partial charge in [0.15, 0.2) is 0 Å². The summed E-state index contributed by atoms with van der Waals surface area (Å²) >= 11 is 12.9. The van der Waals surface area contributed by atoms with Crippen LogP contribution in [0.1, 0.15) is 31.4 Å². The molecule has 0 aromatic heterocycles. The molecule has 0 atom stereocenters. The molecular weight excluding hydrogens is 331 g/mol. The van der Waals surface area contributed by atoms with Gasteiger partial charge in [0.2, 0.25) is 0 Å². The Balaban J connectivity index is 2.21. The molecule has 2 aromatic rings. The van der Waals surface area contributed by atoms with Gasteiger partial charge in [0.05, 0.1) is 5.60 Å². The normalized spacial score (nSPS) is 22.2. The van der Waals surface area contributed by atoms with Gasteiger partial charge < -0.3 is 4.43 Å². The van der Waals surface area contributed by atoms with Crippen molar-refractivity contribution in [3.8, 4) is 0 Å². The van der Waals surface area contributed by atoms with Gasteiger partial charge in [-0.15, -0.1) is 22.2 Å². The molecule has 3 rings (SSSR count).